The van der Waals surface area contributed by atoms with Crippen molar-refractivity contribution in [2.24, 2.45) is 20.5 Å². The number of phenolic OH excluding ortho intramolecular Hbond substituents is 1. The van der Waals surface area contributed by atoms with Gasteiger partial charge in [-0.2, -0.15) is 38.8 Å². The molecule has 0 atom stereocenters. The van der Waals surface area contributed by atoms with Crippen molar-refractivity contribution in [1.29, 1.82) is 0 Å². The van der Waals surface area contributed by atoms with Gasteiger partial charge in [-0.1, -0.05) is 0 Å². The Labute approximate surface area is 449 Å². The topological polar surface area (TPSA) is 409 Å². The first-order chi connectivity index (χ1) is 26.9. The number of hydrogen-bond acceptors (Lipinski definition) is 21. The van der Waals surface area contributed by atoms with Crippen molar-refractivity contribution in [3.63, 3.8) is 0 Å². The summed E-state index contributed by atoms with van der Waals surface area (Å²) in [7, 11) is -27.9. The molecule has 0 aromatic heterocycles. The number of nitrogens with zero attached hydrogens (tertiary/aromatic N) is 4. The zero-order valence-corrected chi connectivity index (χ0v) is 46.5. The number of phenols is 1. The minimum absolute atomic E-state index is 0. The Bertz CT molecular complexity index is 3100. The molecule has 0 aliphatic carbocycles. The Morgan fingerprint density at radius 2 is 1.06 bits per heavy atom. The first-order valence-corrected chi connectivity index (χ1v) is 24.2. The predicted molar refractivity (Wildman–Crippen MR) is 224 cm³/mol. The van der Waals surface area contributed by atoms with Gasteiger partial charge in [0.2, 0.25) is 0 Å². The number of aryl methyl sites for hydroxylation is 1. The second-order valence-electron chi connectivity index (χ2n) is 11.6. The Morgan fingerprint density at radius 1 is 0.603 bits per heavy atom. The fourth-order valence-electron chi connectivity index (χ4n) is 4.99. The van der Waals surface area contributed by atoms with Gasteiger partial charge in [-0.15, -0.1) is 15.3 Å². The van der Waals surface area contributed by atoms with E-state index in [4.69, 9.17) is 19.6 Å². The summed E-state index contributed by atoms with van der Waals surface area (Å²) in [5.41, 5.74) is 3.09. The quantitative estimate of drug-likeness (QED) is 0.0377. The average molecular weight is 1040 g/mol. The number of rotatable bonds is 17. The third-order valence-electron chi connectivity index (χ3n) is 7.57. The maximum Gasteiger partial charge on any atom is 0.397 e. The molecule has 0 heterocycles. The first kappa shape index (κ1) is 62.2. The van der Waals surface area contributed by atoms with Crippen LogP contribution in [-0.2, 0) is 69.1 Å². The standard InChI is InChI=1S/C28H29N5O20S6.4Na/c1-15-11-19(20(51-2)14-21(15)55(37,38)10-8-53-59(48,49)50)31-33-27-23(57(42,43)44)13-16-12-22(56(39,40)41)26(25(29)24(16)28(27)34)32-30-17-3-5-18(6-4-17)54(35,36)9-7-52-58(45,46)47;;;;/h3-6,11-14,34H,7-10,29H2,1-2H3,(H,39,40,41)(H,42,43,44)(H,45,46,47)(H,48,49,50);;;;. The Balaban J connectivity index is 0.00000961. The number of aromatic hydroxyl groups is 1. The Kier molecular flexibility index (Phi) is 23.7. The van der Waals surface area contributed by atoms with Gasteiger partial charge in [0.1, 0.15) is 32.6 Å². The van der Waals surface area contributed by atoms with Gasteiger partial charge >= 0.3 is 20.8 Å². The van der Waals surface area contributed by atoms with Crippen LogP contribution < -0.4 is 10.5 Å². The smallest absolute Gasteiger partial charge is 0.397 e. The number of anilines is 1. The van der Waals surface area contributed by atoms with Gasteiger partial charge in [-0.3, -0.25) is 18.2 Å². The maximum atomic E-state index is 12.9. The normalized spacial score (nSPS) is 12.6. The molecule has 0 unspecified atom stereocenters. The molecule has 4 aromatic rings. The SMILES string of the molecule is COc1cc(S(=O)(=O)CCOS(=O)(=O)O)c(C)cc1N=Nc1c(S(=O)(=O)O)cc2cc(S(=O)(=O)O)c(N=Nc3ccc(S(=O)(=O)CCOS(=O)(=O)O)cc3)c(N)c2c1O.[Na].[Na].[Na].[Na]. The van der Waals surface area contributed by atoms with Crippen LogP contribution in [0.5, 0.6) is 11.5 Å². The van der Waals surface area contributed by atoms with Crippen molar-refractivity contribution >= 4 is 218 Å². The van der Waals surface area contributed by atoms with E-state index in [-0.39, 0.29) is 146 Å². The second kappa shape index (κ2) is 24.0. The van der Waals surface area contributed by atoms with E-state index < -0.39 is 134 Å². The molecule has 4 rings (SSSR count). The van der Waals surface area contributed by atoms with Crippen molar-refractivity contribution in [2.75, 3.05) is 37.6 Å². The summed E-state index contributed by atoms with van der Waals surface area (Å²) in [6.45, 7) is -0.595. The Morgan fingerprint density at radius 3 is 1.52 bits per heavy atom. The van der Waals surface area contributed by atoms with Crippen LogP contribution in [0.1, 0.15) is 5.56 Å². The third-order valence-corrected chi connectivity index (χ3v) is 13.7. The number of methoxy groups -OCH3 is 1. The fourth-order valence-corrected chi connectivity index (χ4v) is 9.57. The van der Waals surface area contributed by atoms with Gasteiger partial charge in [0.15, 0.2) is 25.4 Å². The van der Waals surface area contributed by atoms with Gasteiger partial charge in [-0.25, -0.2) is 25.2 Å². The van der Waals surface area contributed by atoms with Crippen LogP contribution in [0, 0.1) is 6.92 Å². The monoisotopic (exact) mass is 1040 g/mol. The first-order valence-electron chi connectivity index (χ1n) is 15.3. The number of fused-ring (bicyclic) bond motifs is 1. The summed E-state index contributed by atoms with van der Waals surface area (Å²) < 4.78 is 194. The largest absolute Gasteiger partial charge is 0.505 e. The molecular weight excluding hydrogens is 1010 g/mol. The molecule has 25 nitrogen and oxygen atoms in total. The van der Waals surface area contributed by atoms with E-state index in [1.165, 1.54) is 6.92 Å². The number of ether oxygens (including phenoxy) is 1. The van der Waals surface area contributed by atoms with Crippen molar-refractivity contribution in [3.8, 4) is 11.5 Å². The zero-order valence-electron chi connectivity index (χ0n) is 33.6. The molecule has 0 bridgehead atoms. The summed E-state index contributed by atoms with van der Waals surface area (Å²) in [5, 5.41) is 25.3. The van der Waals surface area contributed by atoms with Gasteiger partial charge in [0.25, 0.3) is 20.2 Å². The average Bonchev–Trinajstić information content (AvgIpc) is 3.08. The zero-order chi connectivity index (χ0) is 44.5. The molecule has 7 N–H and O–H groups in total. The molecule has 326 valence electrons. The van der Waals surface area contributed by atoms with Crippen LogP contribution in [0.15, 0.2) is 88.6 Å². The molecule has 63 heavy (non-hydrogen) atoms. The summed E-state index contributed by atoms with van der Waals surface area (Å²) in [6.07, 6.45) is 0. The fraction of sp³-hybridized carbons (Fsp3) is 0.214. The minimum Gasteiger partial charge on any atom is -0.505 e. The number of hydrogen-bond donors (Lipinski definition) is 6. The van der Waals surface area contributed by atoms with Crippen LogP contribution in [0.4, 0.5) is 28.4 Å². The predicted octanol–water partition coefficient (Wildman–Crippen LogP) is 1.43. The van der Waals surface area contributed by atoms with Crippen molar-refractivity contribution in [2.45, 2.75) is 26.5 Å². The number of nitrogens with two attached hydrogens (primary N) is 1. The van der Waals surface area contributed by atoms with E-state index in [2.05, 4.69) is 28.8 Å². The molecule has 0 saturated carbocycles. The number of nitrogen functional groups attached to an aromatic ring is 1. The van der Waals surface area contributed by atoms with Crippen LogP contribution in [0.3, 0.4) is 0 Å². The molecule has 4 aromatic carbocycles. The van der Waals surface area contributed by atoms with Crippen molar-refractivity contribution in [3.05, 3.63) is 54.1 Å². The second-order valence-corrected chi connectivity index (χ2v) is 20.7. The summed E-state index contributed by atoms with van der Waals surface area (Å²) in [5.74, 6) is -3.26. The van der Waals surface area contributed by atoms with Gasteiger partial charge in [-0.05, 0) is 60.3 Å². The Hall–Kier alpha value is -0.800. The molecule has 0 spiro atoms. The molecule has 0 aliphatic rings. The van der Waals surface area contributed by atoms with Crippen LogP contribution in [-0.4, -0.2) is 224 Å². The van der Waals surface area contributed by atoms with Gasteiger partial charge < -0.3 is 15.6 Å². The van der Waals surface area contributed by atoms with Gasteiger partial charge in [0.05, 0.1) is 58.4 Å². The van der Waals surface area contributed by atoms with E-state index in [9.17, 15) is 64.7 Å². The summed E-state index contributed by atoms with van der Waals surface area (Å²) in [4.78, 5) is -3.03. The molecule has 0 fully saturated rings. The van der Waals surface area contributed by atoms with E-state index in [1.807, 2.05) is 0 Å². The van der Waals surface area contributed by atoms with E-state index >= 15 is 0 Å². The van der Waals surface area contributed by atoms with Gasteiger partial charge in [0, 0.05) is 124 Å². The molecule has 0 aliphatic heterocycles. The molecule has 0 amide bonds. The van der Waals surface area contributed by atoms with Crippen molar-refractivity contribution in [1.82, 2.24) is 0 Å². The third kappa shape index (κ3) is 16.7. The van der Waals surface area contributed by atoms with Crippen molar-refractivity contribution < 1.29 is 86.9 Å². The van der Waals surface area contributed by atoms with E-state index in [0.717, 1.165) is 43.5 Å². The van der Waals surface area contributed by atoms with Crippen LogP contribution >= 0.6 is 0 Å². The summed E-state index contributed by atoms with van der Waals surface area (Å²) in [6, 6.07) is 7.36. The summed E-state index contributed by atoms with van der Waals surface area (Å²) >= 11 is 0. The van der Waals surface area contributed by atoms with Crippen LogP contribution in [0.2, 0.25) is 0 Å². The molecular formula is C28H29N5Na4O20S6. The number of sulfone groups is 2. The van der Waals surface area contributed by atoms with E-state index in [0.29, 0.717) is 12.1 Å². The van der Waals surface area contributed by atoms with Crippen LogP contribution in [0.25, 0.3) is 10.8 Å². The molecule has 4 radical (unpaired) electrons. The minimum atomic E-state index is -5.34. The number of azo groups is 2. The maximum absolute atomic E-state index is 12.9. The van der Waals surface area contributed by atoms with E-state index in [1.54, 1.807) is 0 Å². The molecule has 0 saturated heterocycles. The number of benzene rings is 4. The molecule has 35 heteroatoms.